The molecule has 1 aliphatic rings. The topological polar surface area (TPSA) is 91.5 Å². The molecule has 3 rings (SSSR count). The molecule has 0 saturated carbocycles. The highest BCUT2D eigenvalue weighted by molar-refractivity contribution is 5.86. The minimum absolute atomic E-state index is 0.0463. The van der Waals surface area contributed by atoms with E-state index in [1.165, 1.54) is 0 Å². The summed E-state index contributed by atoms with van der Waals surface area (Å²) in [4.78, 5) is 24.2. The molecule has 2 atom stereocenters. The molecule has 1 heterocycles. The number of nitrogens with one attached hydrogen (secondary N) is 4. The van der Waals surface area contributed by atoms with Gasteiger partial charge in [-0.2, -0.15) is 0 Å². The number of ether oxygens (including phenoxy) is 1. The number of carbonyl (C=O) groups is 2. The van der Waals surface area contributed by atoms with Crippen LogP contribution in [0.5, 0.6) is 5.75 Å². The van der Waals surface area contributed by atoms with Gasteiger partial charge in [-0.1, -0.05) is 48.5 Å². The minimum atomic E-state index is -0.435. The van der Waals surface area contributed by atoms with Crippen molar-refractivity contribution in [2.24, 2.45) is 0 Å². The zero-order chi connectivity index (χ0) is 19.2. The van der Waals surface area contributed by atoms with Gasteiger partial charge in [-0.3, -0.25) is 20.4 Å². The molecule has 2 amide bonds. The van der Waals surface area contributed by atoms with Crippen LogP contribution >= 0.6 is 0 Å². The second-order valence-electron chi connectivity index (χ2n) is 6.59. The summed E-state index contributed by atoms with van der Waals surface area (Å²) in [7, 11) is 0. The Labute approximate surface area is 158 Å². The van der Waals surface area contributed by atoms with Gasteiger partial charge in [0, 0.05) is 6.04 Å². The van der Waals surface area contributed by atoms with E-state index >= 15 is 0 Å². The fourth-order valence-corrected chi connectivity index (χ4v) is 3.05. The number of hydrogen-bond donors (Lipinski definition) is 4. The number of benzene rings is 2. The molecular formula is C20H24N4O3. The summed E-state index contributed by atoms with van der Waals surface area (Å²) in [5.74, 6) is -0.0377. The maximum absolute atomic E-state index is 12.2. The van der Waals surface area contributed by atoms with Crippen LogP contribution in [0.3, 0.4) is 0 Å². The van der Waals surface area contributed by atoms with Gasteiger partial charge in [-0.25, -0.2) is 10.9 Å². The standard InChI is InChI=1S/C20H24N4O3/c1-13-7-6-8-14(2)19(13)27-12-18(25)23-24-20(26)17-11-16(21-22-17)15-9-4-3-5-10-15/h3-10,16-17,21-22H,11-12H2,1-2H3,(H,23,25)(H,24,26). The predicted octanol–water partition coefficient (Wildman–Crippen LogP) is 1.44. The highest BCUT2D eigenvalue weighted by Crippen LogP contribution is 2.22. The van der Waals surface area contributed by atoms with Crippen LogP contribution in [-0.2, 0) is 9.59 Å². The molecule has 1 fully saturated rings. The molecular weight excluding hydrogens is 344 g/mol. The first kappa shape index (κ1) is 18.9. The lowest BCUT2D eigenvalue weighted by atomic mass is 10.0. The molecule has 7 heteroatoms. The van der Waals surface area contributed by atoms with E-state index in [1.807, 2.05) is 62.4 Å². The Hall–Kier alpha value is -2.90. The molecule has 7 nitrogen and oxygen atoms in total. The van der Waals surface area contributed by atoms with Gasteiger partial charge in [0.15, 0.2) is 6.61 Å². The SMILES string of the molecule is Cc1cccc(C)c1OCC(=O)NNC(=O)C1CC(c2ccccc2)NN1. The van der Waals surface area contributed by atoms with Crippen LogP contribution in [0.15, 0.2) is 48.5 Å². The van der Waals surface area contributed by atoms with Gasteiger partial charge >= 0.3 is 0 Å². The van der Waals surface area contributed by atoms with Gasteiger partial charge in [0.25, 0.3) is 11.8 Å². The Morgan fingerprint density at radius 2 is 1.70 bits per heavy atom. The summed E-state index contributed by atoms with van der Waals surface area (Å²) in [6, 6.07) is 15.3. The first-order valence-electron chi connectivity index (χ1n) is 8.88. The normalized spacial score (nSPS) is 18.7. The number of carbonyl (C=O) groups excluding carboxylic acids is 2. The van der Waals surface area contributed by atoms with Crippen LogP contribution in [0.1, 0.15) is 29.2 Å². The first-order valence-corrected chi connectivity index (χ1v) is 8.88. The van der Waals surface area contributed by atoms with E-state index in [0.29, 0.717) is 12.2 Å². The smallest absolute Gasteiger partial charge is 0.276 e. The molecule has 27 heavy (non-hydrogen) atoms. The summed E-state index contributed by atoms with van der Waals surface area (Å²) in [6.45, 7) is 3.67. The lowest BCUT2D eigenvalue weighted by molar-refractivity contribution is -0.130. The van der Waals surface area contributed by atoms with Crippen molar-refractivity contribution in [3.63, 3.8) is 0 Å². The van der Waals surface area contributed by atoms with E-state index in [4.69, 9.17) is 4.74 Å². The van der Waals surface area contributed by atoms with E-state index in [1.54, 1.807) is 0 Å². The molecule has 0 radical (unpaired) electrons. The van der Waals surface area contributed by atoms with Gasteiger partial charge < -0.3 is 4.74 Å². The van der Waals surface area contributed by atoms with Crippen LogP contribution in [-0.4, -0.2) is 24.5 Å². The van der Waals surface area contributed by atoms with Gasteiger partial charge in [0.05, 0.1) is 0 Å². The zero-order valence-electron chi connectivity index (χ0n) is 15.4. The van der Waals surface area contributed by atoms with E-state index in [-0.39, 0.29) is 18.6 Å². The third-order valence-electron chi connectivity index (χ3n) is 4.50. The molecule has 142 valence electrons. The van der Waals surface area contributed by atoms with Crippen molar-refractivity contribution in [3.8, 4) is 5.75 Å². The maximum atomic E-state index is 12.2. The Morgan fingerprint density at radius 1 is 1.00 bits per heavy atom. The molecule has 2 unspecified atom stereocenters. The largest absolute Gasteiger partial charge is 0.483 e. The van der Waals surface area contributed by atoms with Gasteiger partial charge in [0.1, 0.15) is 11.8 Å². The van der Waals surface area contributed by atoms with Crippen LogP contribution in [0, 0.1) is 13.8 Å². The summed E-state index contributed by atoms with van der Waals surface area (Å²) in [5, 5.41) is 0. The molecule has 0 aliphatic carbocycles. The van der Waals surface area contributed by atoms with Crippen LogP contribution in [0.2, 0.25) is 0 Å². The number of hydrazine groups is 2. The molecule has 2 aromatic rings. The Kier molecular flexibility index (Phi) is 6.05. The first-order chi connectivity index (χ1) is 13.0. The summed E-state index contributed by atoms with van der Waals surface area (Å²) in [5.41, 5.74) is 13.9. The number of rotatable bonds is 5. The summed E-state index contributed by atoms with van der Waals surface area (Å²) >= 11 is 0. The number of para-hydroxylation sites is 1. The second-order valence-corrected chi connectivity index (χ2v) is 6.59. The molecule has 0 spiro atoms. The van der Waals surface area contributed by atoms with E-state index < -0.39 is 11.9 Å². The average molecular weight is 368 g/mol. The van der Waals surface area contributed by atoms with Crippen LogP contribution < -0.4 is 26.4 Å². The van der Waals surface area contributed by atoms with Crippen LogP contribution in [0.4, 0.5) is 0 Å². The Bertz CT molecular complexity index is 790. The van der Waals surface area contributed by atoms with Crippen LogP contribution in [0.25, 0.3) is 0 Å². The Balaban J connectivity index is 1.43. The Morgan fingerprint density at radius 3 is 2.41 bits per heavy atom. The van der Waals surface area contributed by atoms with Crippen molar-refractivity contribution in [2.45, 2.75) is 32.4 Å². The van der Waals surface area contributed by atoms with Crippen molar-refractivity contribution in [2.75, 3.05) is 6.61 Å². The highest BCUT2D eigenvalue weighted by Gasteiger charge is 2.30. The van der Waals surface area contributed by atoms with E-state index in [0.717, 1.165) is 16.7 Å². The molecule has 1 aliphatic heterocycles. The van der Waals surface area contributed by atoms with Gasteiger partial charge in [0.2, 0.25) is 0 Å². The maximum Gasteiger partial charge on any atom is 0.276 e. The molecule has 1 saturated heterocycles. The number of aryl methyl sites for hydroxylation is 2. The monoisotopic (exact) mass is 368 g/mol. The third-order valence-corrected chi connectivity index (χ3v) is 4.50. The van der Waals surface area contributed by atoms with Gasteiger partial charge in [-0.15, -0.1) is 0 Å². The summed E-state index contributed by atoms with van der Waals surface area (Å²) < 4.78 is 5.57. The average Bonchev–Trinajstić information content (AvgIpc) is 3.17. The lowest BCUT2D eigenvalue weighted by Gasteiger charge is -2.14. The number of amides is 2. The second kappa shape index (κ2) is 8.66. The van der Waals surface area contributed by atoms with Crippen molar-refractivity contribution < 1.29 is 14.3 Å². The van der Waals surface area contributed by atoms with Crippen molar-refractivity contribution in [1.82, 2.24) is 21.7 Å². The fraction of sp³-hybridized carbons (Fsp3) is 0.300. The minimum Gasteiger partial charge on any atom is -0.483 e. The molecule has 0 aromatic heterocycles. The van der Waals surface area contributed by atoms with E-state index in [9.17, 15) is 9.59 Å². The molecule has 0 bridgehead atoms. The zero-order valence-corrected chi connectivity index (χ0v) is 15.4. The molecule has 4 N–H and O–H groups in total. The lowest BCUT2D eigenvalue weighted by Crippen LogP contribution is -2.51. The highest BCUT2D eigenvalue weighted by atomic mass is 16.5. The quantitative estimate of drug-likeness (QED) is 0.600. The third kappa shape index (κ3) is 4.84. The van der Waals surface area contributed by atoms with E-state index in [2.05, 4.69) is 21.7 Å². The fourth-order valence-electron chi connectivity index (χ4n) is 3.05. The van der Waals surface area contributed by atoms with Crippen molar-refractivity contribution >= 4 is 11.8 Å². The predicted molar refractivity (Wildman–Crippen MR) is 102 cm³/mol. The van der Waals surface area contributed by atoms with Crippen molar-refractivity contribution in [3.05, 3.63) is 65.2 Å². The summed E-state index contributed by atoms with van der Waals surface area (Å²) in [6.07, 6.45) is 0.588. The number of hydrogen-bond acceptors (Lipinski definition) is 5. The molecule has 2 aromatic carbocycles. The van der Waals surface area contributed by atoms with Gasteiger partial charge in [-0.05, 0) is 37.0 Å². The van der Waals surface area contributed by atoms with Crippen molar-refractivity contribution in [1.29, 1.82) is 0 Å².